The van der Waals surface area contributed by atoms with Gasteiger partial charge >= 0.3 is 0 Å². The topological polar surface area (TPSA) is 94.0 Å². The molecule has 0 spiro atoms. The van der Waals surface area contributed by atoms with Crippen LogP contribution in [0.15, 0.2) is 67.4 Å². The molecular formula is C16H14N4O3S. The highest BCUT2D eigenvalue weighted by Crippen LogP contribution is 2.15. The van der Waals surface area contributed by atoms with Gasteiger partial charge in [0.2, 0.25) is 10.0 Å². The van der Waals surface area contributed by atoms with Crippen LogP contribution in [0.2, 0.25) is 0 Å². The molecule has 0 saturated heterocycles. The van der Waals surface area contributed by atoms with Gasteiger partial charge in [0.15, 0.2) is 0 Å². The Morgan fingerprint density at radius 3 is 2.62 bits per heavy atom. The Morgan fingerprint density at radius 1 is 1.12 bits per heavy atom. The first-order valence-electron chi connectivity index (χ1n) is 7.07. The number of carbonyl (C=O) groups is 1. The lowest BCUT2D eigenvalue weighted by Crippen LogP contribution is -2.15. The van der Waals surface area contributed by atoms with Crippen LogP contribution in [0.25, 0.3) is 0 Å². The van der Waals surface area contributed by atoms with Gasteiger partial charge in [-0.1, -0.05) is 30.3 Å². The van der Waals surface area contributed by atoms with E-state index in [-0.39, 0.29) is 11.4 Å². The number of hydrogen-bond acceptors (Lipinski definition) is 5. The number of hydrogen-bond donors (Lipinski definition) is 1. The van der Waals surface area contributed by atoms with Crippen molar-refractivity contribution in [3.63, 3.8) is 0 Å². The molecule has 0 aliphatic carbocycles. The molecule has 0 aliphatic rings. The third-order valence-electron chi connectivity index (χ3n) is 3.25. The van der Waals surface area contributed by atoms with Crippen LogP contribution in [-0.4, -0.2) is 28.3 Å². The summed E-state index contributed by atoms with van der Waals surface area (Å²) in [6.07, 6.45) is 5.48. The standard InChI is InChI=1S/C16H14N4O3S/c21-16(15-6-8-17-12-18-15)19-14-7-9-20(10-14)24(22,23)11-13-4-2-1-3-5-13/h1-10,12H,11H2,(H,19,21). The third-order valence-corrected chi connectivity index (χ3v) is 4.82. The molecule has 0 unspecified atom stereocenters. The number of anilines is 1. The highest BCUT2D eigenvalue weighted by atomic mass is 32.2. The van der Waals surface area contributed by atoms with Crippen LogP contribution in [0.1, 0.15) is 16.1 Å². The maximum absolute atomic E-state index is 12.4. The van der Waals surface area contributed by atoms with Crippen molar-refractivity contribution in [1.29, 1.82) is 0 Å². The molecule has 1 amide bonds. The summed E-state index contributed by atoms with van der Waals surface area (Å²) in [6.45, 7) is 0. The van der Waals surface area contributed by atoms with Gasteiger partial charge in [-0.2, -0.15) is 0 Å². The molecule has 7 nitrogen and oxygen atoms in total. The number of nitrogens with zero attached hydrogens (tertiary/aromatic N) is 3. The van der Waals surface area contributed by atoms with E-state index in [1.54, 1.807) is 24.3 Å². The molecule has 3 rings (SSSR count). The van der Waals surface area contributed by atoms with Crippen molar-refractivity contribution >= 4 is 21.6 Å². The van der Waals surface area contributed by atoms with Gasteiger partial charge in [0, 0.05) is 18.6 Å². The molecule has 0 aliphatic heterocycles. The zero-order valence-corrected chi connectivity index (χ0v) is 13.3. The first-order valence-corrected chi connectivity index (χ1v) is 8.68. The van der Waals surface area contributed by atoms with Crippen molar-refractivity contribution in [2.24, 2.45) is 0 Å². The Kier molecular flexibility index (Phi) is 4.39. The quantitative estimate of drug-likeness (QED) is 0.764. The molecule has 2 aromatic heterocycles. The molecule has 1 aromatic carbocycles. The number of rotatable bonds is 5. The number of amides is 1. The monoisotopic (exact) mass is 342 g/mol. The Balaban J connectivity index is 1.74. The van der Waals surface area contributed by atoms with Crippen molar-refractivity contribution in [1.82, 2.24) is 13.9 Å². The zero-order valence-electron chi connectivity index (χ0n) is 12.5. The van der Waals surface area contributed by atoms with Crippen molar-refractivity contribution in [3.8, 4) is 0 Å². The second kappa shape index (κ2) is 6.63. The second-order valence-corrected chi connectivity index (χ2v) is 6.89. The number of benzene rings is 1. The lowest BCUT2D eigenvalue weighted by atomic mass is 10.2. The van der Waals surface area contributed by atoms with E-state index in [1.807, 2.05) is 6.07 Å². The van der Waals surface area contributed by atoms with Gasteiger partial charge in [0.1, 0.15) is 12.0 Å². The summed E-state index contributed by atoms with van der Waals surface area (Å²) < 4.78 is 25.9. The van der Waals surface area contributed by atoms with Gasteiger partial charge in [-0.25, -0.2) is 18.4 Å². The van der Waals surface area contributed by atoms with Crippen LogP contribution in [0.5, 0.6) is 0 Å². The summed E-state index contributed by atoms with van der Waals surface area (Å²) in [5.74, 6) is -0.558. The van der Waals surface area contributed by atoms with Crippen LogP contribution >= 0.6 is 0 Å². The third kappa shape index (κ3) is 3.66. The van der Waals surface area contributed by atoms with Crippen LogP contribution in [0, 0.1) is 0 Å². The lowest BCUT2D eigenvalue weighted by molar-refractivity contribution is 0.102. The van der Waals surface area contributed by atoms with Crippen LogP contribution in [-0.2, 0) is 15.8 Å². The predicted octanol–water partition coefficient (Wildman–Crippen LogP) is 1.91. The van der Waals surface area contributed by atoms with Crippen molar-refractivity contribution < 1.29 is 13.2 Å². The maximum atomic E-state index is 12.4. The molecule has 24 heavy (non-hydrogen) atoms. The van der Waals surface area contributed by atoms with Gasteiger partial charge in [0.25, 0.3) is 5.91 Å². The van der Waals surface area contributed by atoms with Crippen LogP contribution in [0.3, 0.4) is 0 Å². The van der Waals surface area contributed by atoms with E-state index in [4.69, 9.17) is 0 Å². The molecule has 0 bridgehead atoms. The van der Waals surface area contributed by atoms with E-state index in [2.05, 4.69) is 15.3 Å². The highest BCUT2D eigenvalue weighted by Gasteiger charge is 2.15. The van der Waals surface area contributed by atoms with Gasteiger partial charge in [0.05, 0.1) is 11.4 Å². The van der Waals surface area contributed by atoms with Gasteiger partial charge in [-0.15, -0.1) is 0 Å². The molecule has 0 atom stereocenters. The fourth-order valence-electron chi connectivity index (χ4n) is 2.10. The van der Waals surface area contributed by atoms with Gasteiger partial charge < -0.3 is 5.32 Å². The normalized spacial score (nSPS) is 11.2. The summed E-state index contributed by atoms with van der Waals surface area (Å²) in [5.41, 5.74) is 1.26. The minimum atomic E-state index is -3.55. The fraction of sp³-hybridized carbons (Fsp3) is 0.0625. The number of aromatic nitrogens is 3. The van der Waals surface area contributed by atoms with E-state index in [1.165, 1.54) is 37.1 Å². The average molecular weight is 342 g/mol. The minimum absolute atomic E-state index is 0.123. The van der Waals surface area contributed by atoms with E-state index < -0.39 is 15.9 Å². The Labute approximate surface area is 139 Å². The van der Waals surface area contributed by atoms with E-state index >= 15 is 0 Å². The van der Waals surface area contributed by atoms with E-state index in [0.717, 1.165) is 3.97 Å². The Hall–Kier alpha value is -3.00. The first kappa shape index (κ1) is 15.9. The molecular weight excluding hydrogens is 328 g/mol. The average Bonchev–Trinajstić information content (AvgIpc) is 3.06. The largest absolute Gasteiger partial charge is 0.319 e. The zero-order chi connectivity index (χ0) is 17.0. The SMILES string of the molecule is O=C(Nc1ccn(S(=O)(=O)Cc2ccccc2)c1)c1ccncn1. The van der Waals surface area contributed by atoms with E-state index in [0.29, 0.717) is 11.3 Å². The molecule has 122 valence electrons. The van der Waals surface area contributed by atoms with Crippen LogP contribution in [0.4, 0.5) is 5.69 Å². The highest BCUT2D eigenvalue weighted by molar-refractivity contribution is 7.89. The van der Waals surface area contributed by atoms with Gasteiger partial charge in [-0.05, 0) is 17.7 Å². The predicted molar refractivity (Wildman–Crippen MR) is 88.9 cm³/mol. The molecule has 0 radical (unpaired) electrons. The molecule has 2 heterocycles. The number of carbonyl (C=O) groups excluding carboxylic acids is 1. The van der Waals surface area contributed by atoms with Crippen molar-refractivity contribution in [2.75, 3.05) is 5.32 Å². The number of nitrogens with one attached hydrogen (secondary N) is 1. The Morgan fingerprint density at radius 2 is 1.92 bits per heavy atom. The second-order valence-electron chi connectivity index (χ2n) is 5.02. The maximum Gasteiger partial charge on any atom is 0.274 e. The smallest absolute Gasteiger partial charge is 0.274 e. The van der Waals surface area contributed by atoms with Crippen molar-refractivity contribution in [2.45, 2.75) is 5.75 Å². The Bertz CT molecular complexity index is 938. The summed E-state index contributed by atoms with van der Waals surface area (Å²) >= 11 is 0. The summed E-state index contributed by atoms with van der Waals surface area (Å²) in [4.78, 5) is 19.6. The van der Waals surface area contributed by atoms with Gasteiger partial charge in [-0.3, -0.25) is 8.77 Å². The van der Waals surface area contributed by atoms with E-state index in [9.17, 15) is 13.2 Å². The molecule has 1 N–H and O–H groups in total. The molecule has 0 fully saturated rings. The lowest BCUT2D eigenvalue weighted by Gasteiger charge is -2.06. The molecule has 3 aromatic rings. The summed E-state index contributed by atoms with van der Waals surface area (Å²) in [6, 6.07) is 11.9. The van der Waals surface area contributed by atoms with Crippen LogP contribution < -0.4 is 5.32 Å². The fourth-order valence-corrected chi connectivity index (χ4v) is 3.39. The summed E-state index contributed by atoms with van der Waals surface area (Å²) in [5, 5.41) is 2.60. The summed E-state index contributed by atoms with van der Waals surface area (Å²) in [7, 11) is -3.55. The molecule has 0 saturated carbocycles. The minimum Gasteiger partial charge on any atom is -0.319 e. The first-order chi connectivity index (χ1) is 11.5. The van der Waals surface area contributed by atoms with Crippen molar-refractivity contribution in [3.05, 3.63) is 78.6 Å². The molecule has 8 heteroatoms.